The smallest absolute Gasteiger partial charge is 0.247 e. The first-order valence-electron chi connectivity index (χ1n) is 8.33. The molecule has 0 saturated heterocycles. The molecule has 0 amide bonds. The summed E-state index contributed by atoms with van der Waals surface area (Å²) in [4.78, 5) is 10.6. The summed E-state index contributed by atoms with van der Waals surface area (Å²) in [6.45, 7) is 2.91. The fourth-order valence-corrected chi connectivity index (χ4v) is 2.52. The molecular formula is C19H22N6. The maximum absolute atomic E-state index is 4.58. The minimum Gasteiger partial charge on any atom is -0.362 e. The molecule has 6 heteroatoms. The van der Waals surface area contributed by atoms with Gasteiger partial charge in [-0.15, -0.1) is 5.10 Å². The SMILES string of the molecule is CC(Nc1cnnc(N(C)CCc2ccncc2)n1)c1ccccc1. The molecule has 0 radical (unpaired) electrons. The molecule has 0 aliphatic carbocycles. The van der Waals surface area contributed by atoms with Crippen LogP contribution in [0.15, 0.2) is 61.1 Å². The molecule has 25 heavy (non-hydrogen) atoms. The highest BCUT2D eigenvalue weighted by atomic mass is 15.3. The number of aromatic nitrogens is 4. The van der Waals surface area contributed by atoms with Crippen LogP contribution in [0.5, 0.6) is 0 Å². The lowest BCUT2D eigenvalue weighted by atomic mass is 10.1. The lowest BCUT2D eigenvalue weighted by Gasteiger charge is -2.18. The van der Waals surface area contributed by atoms with Gasteiger partial charge in [-0.1, -0.05) is 30.3 Å². The Labute approximate surface area is 148 Å². The number of pyridine rings is 1. The fraction of sp³-hybridized carbons (Fsp3) is 0.263. The van der Waals surface area contributed by atoms with Gasteiger partial charge in [-0.3, -0.25) is 4.98 Å². The zero-order chi connectivity index (χ0) is 17.5. The van der Waals surface area contributed by atoms with Gasteiger partial charge in [-0.05, 0) is 36.6 Å². The summed E-state index contributed by atoms with van der Waals surface area (Å²) in [5.41, 5.74) is 2.44. The van der Waals surface area contributed by atoms with Gasteiger partial charge in [0.15, 0.2) is 5.82 Å². The predicted octanol–water partition coefficient (Wildman–Crippen LogP) is 3.12. The number of hydrogen-bond acceptors (Lipinski definition) is 6. The van der Waals surface area contributed by atoms with Crippen molar-refractivity contribution in [2.75, 3.05) is 23.8 Å². The topological polar surface area (TPSA) is 66.8 Å². The summed E-state index contributed by atoms with van der Waals surface area (Å²) in [6.07, 6.45) is 6.17. The third-order valence-corrected chi connectivity index (χ3v) is 4.04. The molecule has 3 rings (SSSR count). The number of likely N-dealkylation sites (N-methyl/N-ethyl adjacent to an activating group) is 1. The van der Waals surface area contributed by atoms with Gasteiger partial charge in [0.1, 0.15) is 0 Å². The Bertz CT molecular complexity index is 778. The second-order valence-electron chi connectivity index (χ2n) is 5.95. The van der Waals surface area contributed by atoms with Crippen molar-refractivity contribution in [2.24, 2.45) is 0 Å². The molecular weight excluding hydrogens is 312 g/mol. The van der Waals surface area contributed by atoms with Crippen molar-refractivity contribution >= 4 is 11.8 Å². The van der Waals surface area contributed by atoms with Crippen molar-refractivity contribution < 1.29 is 0 Å². The first kappa shape index (κ1) is 16.8. The van der Waals surface area contributed by atoms with E-state index >= 15 is 0 Å². The number of anilines is 2. The Morgan fingerprint density at radius 2 is 1.84 bits per heavy atom. The number of benzene rings is 1. The van der Waals surface area contributed by atoms with Crippen molar-refractivity contribution in [3.05, 3.63) is 72.2 Å². The summed E-state index contributed by atoms with van der Waals surface area (Å²) < 4.78 is 0. The molecule has 3 aromatic rings. The molecule has 1 N–H and O–H groups in total. The lowest BCUT2D eigenvalue weighted by molar-refractivity contribution is 0.801. The molecule has 6 nitrogen and oxygen atoms in total. The maximum atomic E-state index is 4.58. The first-order valence-corrected chi connectivity index (χ1v) is 8.33. The van der Waals surface area contributed by atoms with E-state index in [9.17, 15) is 0 Å². The average molecular weight is 334 g/mol. The van der Waals surface area contributed by atoms with Crippen molar-refractivity contribution in [1.82, 2.24) is 20.2 Å². The Balaban J connectivity index is 1.62. The van der Waals surface area contributed by atoms with Gasteiger partial charge in [0.05, 0.1) is 6.20 Å². The highest BCUT2D eigenvalue weighted by molar-refractivity contribution is 5.41. The lowest BCUT2D eigenvalue weighted by Crippen LogP contribution is -2.23. The second-order valence-corrected chi connectivity index (χ2v) is 5.95. The van der Waals surface area contributed by atoms with E-state index in [1.54, 1.807) is 6.20 Å². The average Bonchev–Trinajstić information content (AvgIpc) is 2.68. The summed E-state index contributed by atoms with van der Waals surface area (Å²) in [7, 11) is 1.97. The molecule has 1 aromatic carbocycles. The third-order valence-electron chi connectivity index (χ3n) is 4.04. The summed E-state index contributed by atoms with van der Waals surface area (Å²) in [5.74, 6) is 1.33. The van der Waals surface area contributed by atoms with E-state index in [1.807, 2.05) is 54.7 Å². The molecule has 0 spiro atoms. The van der Waals surface area contributed by atoms with Crippen LogP contribution in [0.25, 0.3) is 0 Å². The summed E-state index contributed by atoms with van der Waals surface area (Å²) >= 11 is 0. The third kappa shape index (κ3) is 4.73. The van der Waals surface area contributed by atoms with Crippen LogP contribution < -0.4 is 10.2 Å². The van der Waals surface area contributed by atoms with Gasteiger partial charge in [0, 0.05) is 32.0 Å². The largest absolute Gasteiger partial charge is 0.362 e. The highest BCUT2D eigenvalue weighted by Crippen LogP contribution is 2.18. The van der Waals surface area contributed by atoms with Gasteiger partial charge in [0.2, 0.25) is 5.95 Å². The molecule has 1 atom stereocenters. The predicted molar refractivity (Wildman–Crippen MR) is 99.5 cm³/mol. The number of nitrogens with zero attached hydrogens (tertiary/aromatic N) is 5. The van der Waals surface area contributed by atoms with Crippen molar-refractivity contribution in [2.45, 2.75) is 19.4 Å². The maximum Gasteiger partial charge on any atom is 0.247 e. The minimum absolute atomic E-state index is 0.146. The van der Waals surface area contributed by atoms with E-state index in [0.717, 1.165) is 18.8 Å². The van der Waals surface area contributed by atoms with Gasteiger partial charge in [0.25, 0.3) is 0 Å². The van der Waals surface area contributed by atoms with E-state index in [4.69, 9.17) is 0 Å². The molecule has 0 aliphatic heterocycles. The Hall–Kier alpha value is -3.02. The normalized spacial score (nSPS) is 11.8. The fourth-order valence-electron chi connectivity index (χ4n) is 2.52. The molecule has 0 bridgehead atoms. The quantitative estimate of drug-likeness (QED) is 0.716. The second kappa shape index (κ2) is 8.19. The molecule has 2 aromatic heterocycles. The van der Waals surface area contributed by atoms with Gasteiger partial charge >= 0.3 is 0 Å². The number of hydrogen-bond donors (Lipinski definition) is 1. The Morgan fingerprint density at radius 3 is 2.60 bits per heavy atom. The molecule has 128 valence electrons. The van der Waals surface area contributed by atoms with Crippen molar-refractivity contribution in [1.29, 1.82) is 0 Å². The van der Waals surface area contributed by atoms with Crippen LogP contribution in [0.2, 0.25) is 0 Å². The minimum atomic E-state index is 0.146. The van der Waals surface area contributed by atoms with Crippen LogP contribution in [-0.4, -0.2) is 33.8 Å². The van der Waals surface area contributed by atoms with Crippen LogP contribution in [0.4, 0.5) is 11.8 Å². The monoisotopic (exact) mass is 334 g/mol. The number of nitrogens with one attached hydrogen (secondary N) is 1. The molecule has 0 aliphatic rings. The Morgan fingerprint density at radius 1 is 1.08 bits per heavy atom. The molecule has 1 unspecified atom stereocenters. The van der Waals surface area contributed by atoms with E-state index in [1.165, 1.54) is 11.1 Å². The summed E-state index contributed by atoms with van der Waals surface area (Å²) in [6, 6.07) is 14.4. The van der Waals surface area contributed by atoms with Crippen LogP contribution in [0, 0.1) is 0 Å². The van der Waals surface area contributed by atoms with Crippen molar-refractivity contribution in [3.8, 4) is 0 Å². The van der Waals surface area contributed by atoms with E-state index < -0.39 is 0 Å². The Kier molecular flexibility index (Phi) is 5.51. The summed E-state index contributed by atoms with van der Waals surface area (Å²) in [5, 5.41) is 11.6. The molecule has 2 heterocycles. The van der Waals surface area contributed by atoms with Crippen LogP contribution in [-0.2, 0) is 6.42 Å². The van der Waals surface area contributed by atoms with E-state index in [-0.39, 0.29) is 6.04 Å². The standard InChI is InChI=1S/C19H22N6/c1-15(17-6-4-3-5-7-17)22-18-14-21-24-19(23-18)25(2)13-10-16-8-11-20-12-9-16/h3-9,11-12,14-15H,10,13H2,1-2H3,(H,22,23,24). The van der Waals surface area contributed by atoms with Gasteiger partial charge < -0.3 is 10.2 Å². The molecule has 0 fully saturated rings. The van der Waals surface area contributed by atoms with E-state index in [0.29, 0.717) is 5.95 Å². The van der Waals surface area contributed by atoms with E-state index in [2.05, 4.69) is 44.5 Å². The molecule has 0 saturated carbocycles. The highest BCUT2D eigenvalue weighted by Gasteiger charge is 2.09. The van der Waals surface area contributed by atoms with Crippen LogP contribution in [0.1, 0.15) is 24.1 Å². The van der Waals surface area contributed by atoms with Crippen LogP contribution in [0.3, 0.4) is 0 Å². The first-order chi connectivity index (χ1) is 12.2. The zero-order valence-electron chi connectivity index (χ0n) is 14.5. The van der Waals surface area contributed by atoms with Gasteiger partial charge in [-0.2, -0.15) is 10.1 Å². The van der Waals surface area contributed by atoms with Crippen molar-refractivity contribution in [3.63, 3.8) is 0 Å². The number of rotatable bonds is 7. The van der Waals surface area contributed by atoms with Gasteiger partial charge in [-0.25, -0.2) is 0 Å². The van der Waals surface area contributed by atoms with Crippen LogP contribution >= 0.6 is 0 Å². The zero-order valence-corrected chi connectivity index (χ0v) is 14.5.